The first-order valence-electron chi connectivity index (χ1n) is 10.4. The molecule has 1 aliphatic rings. The largest absolute Gasteiger partial charge is 0.497 e. The molecular formula is C26H21N3O3. The quantitative estimate of drug-likeness (QED) is 0.459. The van der Waals surface area contributed by atoms with Crippen molar-refractivity contribution in [3.05, 3.63) is 94.5 Å². The van der Waals surface area contributed by atoms with Crippen LogP contribution < -0.4 is 15.2 Å². The highest BCUT2D eigenvalue weighted by Crippen LogP contribution is 2.37. The fraction of sp³-hybridized carbons (Fsp3) is 0.115. The number of methoxy groups -OCH3 is 1. The number of hydrogen-bond donors (Lipinski definition) is 0. The summed E-state index contributed by atoms with van der Waals surface area (Å²) in [5.41, 5.74) is 3.26. The Morgan fingerprint density at radius 2 is 1.66 bits per heavy atom. The molecule has 0 radical (unpaired) electrons. The van der Waals surface area contributed by atoms with Gasteiger partial charge in [0.25, 0.3) is 11.5 Å². The average molecular weight is 423 g/mol. The molecule has 5 rings (SSSR count). The van der Waals surface area contributed by atoms with Crippen LogP contribution in [0.5, 0.6) is 5.75 Å². The molecule has 1 aliphatic heterocycles. The monoisotopic (exact) mass is 423 g/mol. The minimum Gasteiger partial charge on any atom is -0.497 e. The molecule has 0 bridgehead atoms. The Kier molecular flexibility index (Phi) is 4.82. The van der Waals surface area contributed by atoms with E-state index < -0.39 is 0 Å². The van der Waals surface area contributed by atoms with Gasteiger partial charge in [-0.05, 0) is 55.5 Å². The van der Waals surface area contributed by atoms with Crippen molar-refractivity contribution in [2.45, 2.75) is 6.92 Å². The van der Waals surface area contributed by atoms with E-state index in [1.807, 2.05) is 55.5 Å². The first kappa shape index (κ1) is 19.8. The number of amides is 1. The van der Waals surface area contributed by atoms with Gasteiger partial charge in [0.2, 0.25) is 0 Å². The lowest BCUT2D eigenvalue weighted by molar-refractivity contribution is -0.112. The first-order valence-corrected chi connectivity index (χ1v) is 10.4. The number of likely N-dealkylation sites (N-methyl/N-ethyl adjacent to an activating group) is 1. The number of anilines is 1. The standard InChI is InChI=1S/C26H21N3O3/c1-3-28-23-11-7-5-8-19(23)21(25(28)30)16-24-27-22-10-6-4-9-20(22)26(31)29(24)17-12-14-18(32-2)15-13-17/h4-16H,3H2,1-2H3. The van der Waals surface area contributed by atoms with Crippen LogP contribution in [0.25, 0.3) is 28.2 Å². The fourth-order valence-electron chi connectivity index (χ4n) is 4.12. The molecule has 0 fully saturated rings. The zero-order valence-corrected chi connectivity index (χ0v) is 17.8. The Bertz CT molecular complexity index is 1440. The molecule has 6 heteroatoms. The maximum atomic E-state index is 13.5. The van der Waals surface area contributed by atoms with Crippen molar-refractivity contribution in [1.29, 1.82) is 0 Å². The third-order valence-corrected chi connectivity index (χ3v) is 5.68. The summed E-state index contributed by atoms with van der Waals surface area (Å²) >= 11 is 0. The lowest BCUT2D eigenvalue weighted by atomic mass is 10.1. The number of para-hydroxylation sites is 2. The zero-order valence-electron chi connectivity index (χ0n) is 17.8. The maximum Gasteiger partial charge on any atom is 0.266 e. The summed E-state index contributed by atoms with van der Waals surface area (Å²) < 4.78 is 6.80. The number of carbonyl (C=O) groups is 1. The van der Waals surface area contributed by atoms with Crippen LogP contribution in [0.15, 0.2) is 77.6 Å². The second kappa shape index (κ2) is 7.81. The van der Waals surface area contributed by atoms with Gasteiger partial charge in [-0.1, -0.05) is 30.3 Å². The number of aromatic nitrogens is 2. The van der Waals surface area contributed by atoms with E-state index in [9.17, 15) is 9.59 Å². The summed E-state index contributed by atoms with van der Waals surface area (Å²) in [4.78, 5) is 33.2. The average Bonchev–Trinajstić information content (AvgIpc) is 3.10. The molecule has 1 aromatic heterocycles. The van der Waals surface area contributed by atoms with E-state index in [1.54, 1.807) is 46.9 Å². The second-order valence-electron chi connectivity index (χ2n) is 7.45. The molecule has 158 valence electrons. The predicted octanol–water partition coefficient (Wildman–Crippen LogP) is 4.30. The molecule has 0 saturated heterocycles. The highest BCUT2D eigenvalue weighted by Gasteiger charge is 2.31. The lowest BCUT2D eigenvalue weighted by Gasteiger charge is -2.14. The third-order valence-electron chi connectivity index (χ3n) is 5.68. The van der Waals surface area contributed by atoms with E-state index in [1.165, 1.54) is 0 Å². The Labute approximate surface area is 185 Å². The summed E-state index contributed by atoms with van der Waals surface area (Å²) in [6, 6.07) is 22.1. The van der Waals surface area contributed by atoms with Crippen molar-refractivity contribution < 1.29 is 9.53 Å². The molecule has 4 aromatic rings. The van der Waals surface area contributed by atoms with E-state index in [0.29, 0.717) is 40.3 Å². The Morgan fingerprint density at radius 1 is 0.938 bits per heavy atom. The van der Waals surface area contributed by atoms with E-state index in [0.717, 1.165) is 11.3 Å². The molecular weight excluding hydrogens is 402 g/mol. The topological polar surface area (TPSA) is 64.4 Å². The van der Waals surface area contributed by atoms with Crippen LogP contribution in [0.2, 0.25) is 0 Å². The summed E-state index contributed by atoms with van der Waals surface area (Å²) in [7, 11) is 1.59. The highest BCUT2D eigenvalue weighted by molar-refractivity contribution is 6.35. The molecule has 0 aliphatic carbocycles. The molecule has 0 saturated carbocycles. The van der Waals surface area contributed by atoms with Crippen molar-refractivity contribution in [1.82, 2.24) is 9.55 Å². The predicted molar refractivity (Wildman–Crippen MR) is 126 cm³/mol. The van der Waals surface area contributed by atoms with Crippen LogP contribution in [0.4, 0.5) is 5.69 Å². The van der Waals surface area contributed by atoms with Gasteiger partial charge in [-0.15, -0.1) is 0 Å². The van der Waals surface area contributed by atoms with E-state index in [-0.39, 0.29) is 11.5 Å². The van der Waals surface area contributed by atoms with Crippen LogP contribution in [0.1, 0.15) is 18.3 Å². The van der Waals surface area contributed by atoms with Gasteiger partial charge in [0.1, 0.15) is 11.6 Å². The Hall–Kier alpha value is -4.19. The smallest absolute Gasteiger partial charge is 0.266 e. The molecule has 0 spiro atoms. The summed E-state index contributed by atoms with van der Waals surface area (Å²) in [5.74, 6) is 0.987. The summed E-state index contributed by atoms with van der Waals surface area (Å²) in [6.07, 6.45) is 1.72. The summed E-state index contributed by atoms with van der Waals surface area (Å²) in [5, 5.41) is 0.513. The molecule has 0 unspecified atom stereocenters. The van der Waals surface area contributed by atoms with Crippen LogP contribution in [0.3, 0.4) is 0 Å². The molecule has 0 N–H and O–H groups in total. The van der Waals surface area contributed by atoms with Gasteiger partial charge in [-0.25, -0.2) is 4.98 Å². The van der Waals surface area contributed by atoms with Gasteiger partial charge < -0.3 is 9.64 Å². The number of rotatable bonds is 4. The van der Waals surface area contributed by atoms with Gasteiger partial charge in [0, 0.05) is 12.1 Å². The maximum absolute atomic E-state index is 13.5. The second-order valence-corrected chi connectivity index (χ2v) is 7.45. The normalized spacial score (nSPS) is 14.2. The molecule has 32 heavy (non-hydrogen) atoms. The van der Waals surface area contributed by atoms with Gasteiger partial charge in [-0.3, -0.25) is 14.2 Å². The van der Waals surface area contributed by atoms with Gasteiger partial charge in [0.05, 0.1) is 35.0 Å². The van der Waals surface area contributed by atoms with Crippen molar-refractivity contribution in [3.63, 3.8) is 0 Å². The molecule has 1 amide bonds. The summed E-state index contributed by atoms with van der Waals surface area (Å²) in [6.45, 7) is 2.50. The molecule has 6 nitrogen and oxygen atoms in total. The van der Waals surface area contributed by atoms with E-state index >= 15 is 0 Å². The first-order chi connectivity index (χ1) is 15.6. The van der Waals surface area contributed by atoms with Gasteiger partial charge >= 0.3 is 0 Å². The minimum absolute atomic E-state index is 0.0996. The number of ether oxygens (including phenoxy) is 1. The van der Waals surface area contributed by atoms with Gasteiger partial charge in [-0.2, -0.15) is 0 Å². The Balaban J connectivity index is 1.79. The Morgan fingerprint density at radius 3 is 2.41 bits per heavy atom. The highest BCUT2D eigenvalue weighted by atomic mass is 16.5. The molecule has 3 aromatic carbocycles. The minimum atomic E-state index is -0.196. The van der Waals surface area contributed by atoms with Gasteiger partial charge in [0.15, 0.2) is 0 Å². The molecule has 2 heterocycles. The van der Waals surface area contributed by atoms with Crippen LogP contribution in [-0.2, 0) is 4.79 Å². The number of carbonyl (C=O) groups excluding carboxylic acids is 1. The fourth-order valence-corrected chi connectivity index (χ4v) is 4.12. The molecule has 0 atom stereocenters. The van der Waals surface area contributed by atoms with Crippen LogP contribution >= 0.6 is 0 Å². The van der Waals surface area contributed by atoms with Crippen LogP contribution in [0, 0.1) is 0 Å². The number of benzene rings is 3. The van der Waals surface area contributed by atoms with Crippen LogP contribution in [-0.4, -0.2) is 29.1 Å². The van der Waals surface area contributed by atoms with Crippen molar-refractivity contribution in [2.24, 2.45) is 0 Å². The number of fused-ring (bicyclic) bond motifs is 2. The zero-order chi connectivity index (χ0) is 22.2. The van der Waals surface area contributed by atoms with E-state index in [2.05, 4.69) is 0 Å². The number of hydrogen-bond acceptors (Lipinski definition) is 4. The van der Waals surface area contributed by atoms with Crippen molar-refractivity contribution >= 4 is 34.1 Å². The SMILES string of the molecule is CCN1C(=O)C(=Cc2nc3ccccc3c(=O)n2-c2ccc(OC)cc2)c2ccccc21. The van der Waals surface area contributed by atoms with E-state index in [4.69, 9.17) is 9.72 Å². The van der Waals surface area contributed by atoms with Crippen molar-refractivity contribution in [3.8, 4) is 11.4 Å². The van der Waals surface area contributed by atoms with Crippen molar-refractivity contribution in [2.75, 3.05) is 18.6 Å². The number of nitrogens with zero attached hydrogens (tertiary/aromatic N) is 3. The lowest BCUT2D eigenvalue weighted by Crippen LogP contribution is -2.26. The third kappa shape index (κ3) is 3.08.